The number of halogens is 2. The van der Waals surface area contributed by atoms with E-state index in [9.17, 15) is 9.90 Å². The van der Waals surface area contributed by atoms with Gasteiger partial charge in [0.15, 0.2) is 0 Å². The van der Waals surface area contributed by atoms with Crippen molar-refractivity contribution in [2.24, 2.45) is 0 Å². The molecule has 0 spiro atoms. The van der Waals surface area contributed by atoms with E-state index in [2.05, 4.69) is 0 Å². The van der Waals surface area contributed by atoms with Gasteiger partial charge in [-0.3, -0.25) is 4.79 Å². The Morgan fingerprint density at radius 3 is 2.89 bits per heavy atom. The topological polar surface area (TPSA) is 66.6 Å². The van der Waals surface area contributed by atoms with Crippen molar-refractivity contribution in [3.63, 3.8) is 0 Å². The van der Waals surface area contributed by atoms with Crippen molar-refractivity contribution in [2.45, 2.75) is 18.9 Å². The highest BCUT2D eigenvalue weighted by molar-refractivity contribution is 6.44. The highest BCUT2D eigenvalue weighted by Crippen LogP contribution is 2.31. The lowest BCUT2D eigenvalue weighted by Crippen LogP contribution is -2.37. The number of aliphatic hydroxyl groups is 1. The zero-order valence-electron chi connectivity index (χ0n) is 9.70. The maximum atomic E-state index is 12.4. The van der Waals surface area contributed by atoms with Gasteiger partial charge >= 0.3 is 0 Å². The lowest BCUT2D eigenvalue weighted by Gasteiger charge is -2.23. The SMILES string of the molecule is Nc1cc(Cl)c(Cl)c(C(=O)N2CCC[C@@H]2CO)c1. The molecule has 1 fully saturated rings. The molecule has 0 saturated carbocycles. The third-order valence-electron chi connectivity index (χ3n) is 3.13. The number of anilines is 1. The summed E-state index contributed by atoms with van der Waals surface area (Å²) in [4.78, 5) is 14.0. The van der Waals surface area contributed by atoms with Gasteiger partial charge in [0.25, 0.3) is 5.91 Å². The molecule has 1 aliphatic rings. The summed E-state index contributed by atoms with van der Waals surface area (Å²) in [6.45, 7) is 0.576. The Kier molecular flexibility index (Phi) is 4.00. The zero-order valence-corrected chi connectivity index (χ0v) is 11.2. The number of nitrogens with two attached hydrogens (primary N) is 1. The number of amides is 1. The molecule has 1 aromatic rings. The minimum atomic E-state index is -0.231. The molecule has 0 unspecified atom stereocenters. The van der Waals surface area contributed by atoms with E-state index in [1.165, 1.54) is 12.1 Å². The fourth-order valence-corrected chi connectivity index (χ4v) is 2.63. The summed E-state index contributed by atoms with van der Waals surface area (Å²) >= 11 is 11.9. The number of hydrogen-bond donors (Lipinski definition) is 2. The molecule has 1 atom stereocenters. The lowest BCUT2D eigenvalue weighted by molar-refractivity contribution is 0.0678. The summed E-state index contributed by atoms with van der Waals surface area (Å²) in [5.74, 6) is -0.231. The first-order chi connectivity index (χ1) is 8.54. The molecule has 0 aromatic heterocycles. The molecular formula is C12H14Cl2N2O2. The second kappa shape index (κ2) is 5.34. The minimum absolute atomic E-state index is 0.0423. The first-order valence-corrected chi connectivity index (χ1v) is 6.46. The van der Waals surface area contributed by atoms with Gasteiger partial charge in [-0.2, -0.15) is 0 Å². The number of rotatable bonds is 2. The normalized spacial score (nSPS) is 19.3. The summed E-state index contributed by atoms with van der Waals surface area (Å²) in [6.07, 6.45) is 1.68. The number of carbonyl (C=O) groups excluding carboxylic acids is 1. The van der Waals surface area contributed by atoms with Gasteiger partial charge in [0.05, 0.1) is 28.3 Å². The van der Waals surface area contributed by atoms with Crippen LogP contribution in [0.5, 0.6) is 0 Å². The number of nitrogens with zero attached hydrogens (tertiary/aromatic N) is 1. The van der Waals surface area contributed by atoms with Gasteiger partial charge < -0.3 is 15.7 Å². The van der Waals surface area contributed by atoms with E-state index in [0.29, 0.717) is 17.8 Å². The van der Waals surface area contributed by atoms with Crippen LogP contribution >= 0.6 is 23.2 Å². The maximum absolute atomic E-state index is 12.4. The molecule has 3 N–H and O–H groups in total. The molecule has 1 aliphatic heterocycles. The minimum Gasteiger partial charge on any atom is -0.399 e. The Bertz CT molecular complexity index is 479. The molecule has 1 amide bonds. The van der Waals surface area contributed by atoms with Crippen molar-refractivity contribution < 1.29 is 9.90 Å². The molecule has 1 saturated heterocycles. The second-order valence-electron chi connectivity index (χ2n) is 4.34. The van der Waals surface area contributed by atoms with Crippen LogP contribution in [0.25, 0.3) is 0 Å². The highest BCUT2D eigenvalue weighted by atomic mass is 35.5. The Labute approximate surface area is 115 Å². The van der Waals surface area contributed by atoms with E-state index in [1.54, 1.807) is 4.90 Å². The average Bonchev–Trinajstić information content (AvgIpc) is 2.81. The van der Waals surface area contributed by atoms with Crippen LogP contribution in [0.2, 0.25) is 10.0 Å². The molecule has 1 heterocycles. The van der Waals surface area contributed by atoms with Crippen molar-refractivity contribution >= 4 is 34.8 Å². The third kappa shape index (κ3) is 2.41. The Balaban J connectivity index is 2.34. The van der Waals surface area contributed by atoms with Crippen molar-refractivity contribution in [1.82, 2.24) is 4.90 Å². The molecule has 98 valence electrons. The van der Waals surface area contributed by atoms with Crippen LogP contribution in [-0.4, -0.2) is 35.1 Å². The molecule has 6 heteroatoms. The largest absolute Gasteiger partial charge is 0.399 e. The number of aliphatic hydroxyl groups excluding tert-OH is 1. The van der Waals surface area contributed by atoms with Gasteiger partial charge in [0.1, 0.15) is 0 Å². The van der Waals surface area contributed by atoms with Gasteiger partial charge in [-0.05, 0) is 25.0 Å². The van der Waals surface area contributed by atoms with E-state index in [-0.39, 0.29) is 28.6 Å². The van der Waals surface area contributed by atoms with E-state index in [1.807, 2.05) is 0 Å². The van der Waals surface area contributed by atoms with Crippen LogP contribution in [0, 0.1) is 0 Å². The van der Waals surface area contributed by atoms with Crippen molar-refractivity contribution in [3.05, 3.63) is 27.7 Å². The smallest absolute Gasteiger partial charge is 0.255 e. The predicted molar refractivity (Wildman–Crippen MR) is 72.0 cm³/mol. The van der Waals surface area contributed by atoms with Gasteiger partial charge in [0.2, 0.25) is 0 Å². The summed E-state index contributed by atoms with van der Waals surface area (Å²) in [6, 6.07) is 2.88. The second-order valence-corrected chi connectivity index (χ2v) is 5.13. The maximum Gasteiger partial charge on any atom is 0.255 e. The van der Waals surface area contributed by atoms with Crippen LogP contribution in [-0.2, 0) is 0 Å². The fourth-order valence-electron chi connectivity index (χ4n) is 2.21. The summed E-state index contributed by atoms with van der Waals surface area (Å²) in [7, 11) is 0. The predicted octanol–water partition coefficient (Wildman–Crippen LogP) is 2.17. The fraction of sp³-hybridized carbons (Fsp3) is 0.417. The van der Waals surface area contributed by atoms with E-state index in [0.717, 1.165) is 12.8 Å². The summed E-state index contributed by atoms with van der Waals surface area (Å²) < 4.78 is 0. The molecule has 0 radical (unpaired) electrons. The van der Waals surface area contributed by atoms with Gasteiger partial charge in [-0.1, -0.05) is 23.2 Å². The van der Waals surface area contributed by atoms with Crippen LogP contribution in [0.4, 0.5) is 5.69 Å². The monoisotopic (exact) mass is 288 g/mol. The van der Waals surface area contributed by atoms with Crippen LogP contribution in [0.1, 0.15) is 23.2 Å². The number of benzene rings is 1. The standard InChI is InChI=1S/C12H14Cl2N2O2/c13-10-5-7(15)4-9(11(10)14)12(18)16-3-1-2-8(16)6-17/h4-5,8,17H,1-3,6,15H2/t8-/m1/s1. The number of carbonyl (C=O) groups is 1. The van der Waals surface area contributed by atoms with Crippen LogP contribution in [0.3, 0.4) is 0 Å². The molecule has 2 rings (SSSR count). The van der Waals surface area contributed by atoms with E-state index in [4.69, 9.17) is 28.9 Å². The molecule has 4 nitrogen and oxygen atoms in total. The third-order valence-corrected chi connectivity index (χ3v) is 3.93. The molecular weight excluding hydrogens is 275 g/mol. The molecule has 0 aliphatic carbocycles. The number of likely N-dealkylation sites (tertiary alicyclic amines) is 1. The lowest BCUT2D eigenvalue weighted by atomic mass is 10.1. The highest BCUT2D eigenvalue weighted by Gasteiger charge is 2.30. The molecule has 18 heavy (non-hydrogen) atoms. The van der Waals surface area contributed by atoms with Gasteiger partial charge in [-0.15, -0.1) is 0 Å². The summed E-state index contributed by atoms with van der Waals surface area (Å²) in [5.41, 5.74) is 6.36. The first-order valence-electron chi connectivity index (χ1n) is 5.71. The molecule has 1 aromatic carbocycles. The summed E-state index contributed by atoms with van der Waals surface area (Å²) in [5, 5.41) is 9.70. The number of nitrogen functional groups attached to an aromatic ring is 1. The van der Waals surface area contributed by atoms with Gasteiger partial charge in [0, 0.05) is 12.2 Å². The van der Waals surface area contributed by atoms with Crippen molar-refractivity contribution in [3.8, 4) is 0 Å². The zero-order chi connectivity index (χ0) is 13.3. The quantitative estimate of drug-likeness (QED) is 0.820. The first kappa shape index (κ1) is 13.5. The Morgan fingerprint density at radius 1 is 1.50 bits per heavy atom. The van der Waals surface area contributed by atoms with E-state index >= 15 is 0 Å². The van der Waals surface area contributed by atoms with Crippen molar-refractivity contribution in [1.29, 1.82) is 0 Å². The van der Waals surface area contributed by atoms with Crippen LogP contribution in [0.15, 0.2) is 12.1 Å². The average molecular weight is 289 g/mol. The van der Waals surface area contributed by atoms with E-state index < -0.39 is 0 Å². The number of hydrogen-bond acceptors (Lipinski definition) is 3. The van der Waals surface area contributed by atoms with Gasteiger partial charge in [-0.25, -0.2) is 0 Å². The Hall–Kier alpha value is -0.970. The van der Waals surface area contributed by atoms with Crippen molar-refractivity contribution in [2.75, 3.05) is 18.9 Å². The van der Waals surface area contributed by atoms with Crippen LogP contribution < -0.4 is 5.73 Å². The Morgan fingerprint density at radius 2 is 2.22 bits per heavy atom. The molecule has 0 bridgehead atoms.